The summed E-state index contributed by atoms with van der Waals surface area (Å²) >= 11 is 5.71. The Kier molecular flexibility index (Phi) is 3.01. The first kappa shape index (κ1) is 10.9. The topological polar surface area (TPSA) is 54.7 Å². The van der Waals surface area contributed by atoms with Crippen LogP contribution in [0.25, 0.3) is 11.3 Å². The van der Waals surface area contributed by atoms with Crippen molar-refractivity contribution in [2.75, 3.05) is 5.73 Å². The molecule has 0 radical (unpaired) electrons. The summed E-state index contributed by atoms with van der Waals surface area (Å²) in [4.78, 5) is 0. The number of aromatic nitrogens is 2. The molecule has 0 aliphatic heterocycles. The van der Waals surface area contributed by atoms with Gasteiger partial charge in [0, 0.05) is 10.0 Å². The van der Waals surface area contributed by atoms with E-state index >= 15 is 0 Å². The molecular weight excluding hydrogens is 369 g/mol. The monoisotopic (exact) mass is 377 g/mol. The molecular formula is C10H9BrIN3. The minimum atomic E-state index is 0.541. The van der Waals surface area contributed by atoms with Crippen molar-refractivity contribution in [2.24, 2.45) is 0 Å². The van der Waals surface area contributed by atoms with E-state index in [-0.39, 0.29) is 0 Å². The average molecular weight is 378 g/mol. The van der Waals surface area contributed by atoms with Crippen LogP contribution in [0.15, 0.2) is 22.7 Å². The van der Waals surface area contributed by atoms with Gasteiger partial charge in [-0.2, -0.15) is 5.10 Å². The number of anilines is 1. The van der Waals surface area contributed by atoms with Gasteiger partial charge in [-0.15, -0.1) is 0 Å². The summed E-state index contributed by atoms with van der Waals surface area (Å²) in [6, 6.07) is 6.18. The molecule has 0 saturated carbocycles. The van der Waals surface area contributed by atoms with Gasteiger partial charge in [0.25, 0.3) is 0 Å². The molecule has 2 rings (SSSR count). The van der Waals surface area contributed by atoms with Crippen LogP contribution in [-0.2, 0) is 0 Å². The highest BCUT2D eigenvalue weighted by Gasteiger charge is 2.12. The van der Waals surface area contributed by atoms with Gasteiger partial charge in [-0.3, -0.25) is 5.10 Å². The van der Waals surface area contributed by atoms with E-state index in [1.54, 1.807) is 0 Å². The van der Waals surface area contributed by atoms with Crippen molar-refractivity contribution in [3.8, 4) is 11.3 Å². The summed E-state index contributed by atoms with van der Waals surface area (Å²) in [5, 5.41) is 6.93. The van der Waals surface area contributed by atoms with Crippen LogP contribution in [0, 0.1) is 10.5 Å². The molecule has 0 aliphatic rings. The third-order valence-electron chi connectivity index (χ3n) is 2.12. The molecule has 0 unspecified atom stereocenters. The predicted octanol–water partition coefficient (Wildman–Crippen LogP) is 3.33. The van der Waals surface area contributed by atoms with Crippen LogP contribution in [0.4, 0.5) is 5.82 Å². The maximum Gasteiger partial charge on any atom is 0.159 e. The first-order chi connectivity index (χ1) is 7.09. The Morgan fingerprint density at radius 2 is 2.20 bits per heavy atom. The molecule has 0 atom stereocenters. The zero-order valence-corrected chi connectivity index (χ0v) is 11.8. The highest BCUT2D eigenvalue weighted by molar-refractivity contribution is 14.1. The number of hydrogen-bond acceptors (Lipinski definition) is 2. The summed E-state index contributed by atoms with van der Waals surface area (Å²) < 4.78 is 1.99. The molecule has 15 heavy (non-hydrogen) atoms. The number of halogens is 2. The van der Waals surface area contributed by atoms with Crippen LogP contribution in [0.2, 0.25) is 0 Å². The third-order valence-corrected chi connectivity index (χ3v) is 3.91. The second-order valence-electron chi connectivity index (χ2n) is 3.28. The molecule has 1 heterocycles. The molecule has 3 nitrogen and oxygen atoms in total. The van der Waals surface area contributed by atoms with Crippen molar-refractivity contribution in [3.63, 3.8) is 0 Å². The zero-order valence-electron chi connectivity index (χ0n) is 8.01. The normalized spacial score (nSPS) is 10.6. The third kappa shape index (κ3) is 2.03. The SMILES string of the molecule is Cc1ccc(Br)c(-c2[nH]nc(N)c2I)c1. The molecule has 0 aliphatic carbocycles. The Labute approximate surface area is 110 Å². The van der Waals surface area contributed by atoms with Gasteiger partial charge in [0.1, 0.15) is 0 Å². The van der Waals surface area contributed by atoms with Crippen molar-refractivity contribution >= 4 is 44.3 Å². The molecule has 0 amide bonds. The zero-order chi connectivity index (χ0) is 11.0. The number of nitrogens with two attached hydrogens (primary N) is 1. The van der Waals surface area contributed by atoms with E-state index < -0.39 is 0 Å². The molecule has 1 aromatic heterocycles. The molecule has 0 bridgehead atoms. The lowest BCUT2D eigenvalue weighted by Gasteiger charge is -2.03. The average Bonchev–Trinajstić information content (AvgIpc) is 2.52. The number of aromatic amines is 1. The maximum atomic E-state index is 5.70. The van der Waals surface area contributed by atoms with Gasteiger partial charge in [0.15, 0.2) is 5.82 Å². The maximum absolute atomic E-state index is 5.70. The Balaban J connectivity index is 2.63. The van der Waals surface area contributed by atoms with E-state index in [0.717, 1.165) is 19.3 Å². The standard InChI is InChI=1S/C10H9BrIN3/c1-5-2-3-7(11)6(4-5)9-8(12)10(13)15-14-9/h2-4H,1H3,(H3,13,14,15). The van der Waals surface area contributed by atoms with Gasteiger partial charge in [-0.25, -0.2) is 0 Å². The van der Waals surface area contributed by atoms with E-state index in [4.69, 9.17) is 5.73 Å². The fourth-order valence-corrected chi connectivity index (χ4v) is 2.33. The number of nitrogens with one attached hydrogen (secondary N) is 1. The number of nitrogen functional groups attached to an aromatic ring is 1. The summed E-state index contributed by atoms with van der Waals surface area (Å²) in [6.45, 7) is 2.06. The minimum Gasteiger partial charge on any atom is -0.381 e. The highest BCUT2D eigenvalue weighted by Crippen LogP contribution is 2.32. The summed E-state index contributed by atoms with van der Waals surface area (Å²) in [6.07, 6.45) is 0. The molecule has 0 spiro atoms. The van der Waals surface area contributed by atoms with Crippen LogP contribution in [0.1, 0.15) is 5.56 Å². The minimum absolute atomic E-state index is 0.541. The molecule has 5 heteroatoms. The number of rotatable bonds is 1. The fraction of sp³-hybridized carbons (Fsp3) is 0.100. The molecule has 1 aromatic carbocycles. The van der Waals surface area contributed by atoms with Crippen LogP contribution in [0.3, 0.4) is 0 Å². The van der Waals surface area contributed by atoms with Crippen LogP contribution in [0.5, 0.6) is 0 Å². The van der Waals surface area contributed by atoms with Crippen LogP contribution >= 0.6 is 38.5 Å². The lowest BCUT2D eigenvalue weighted by Crippen LogP contribution is -1.87. The summed E-state index contributed by atoms with van der Waals surface area (Å²) in [7, 11) is 0. The van der Waals surface area contributed by atoms with Gasteiger partial charge in [-0.1, -0.05) is 27.6 Å². The van der Waals surface area contributed by atoms with E-state index in [2.05, 4.69) is 67.8 Å². The van der Waals surface area contributed by atoms with Crippen molar-refractivity contribution in [2.45, 2.75) is 6.92 Å². The van der Waals surface area contributed by atoms with Gasteiger partial charge in [0.05, 0.1) is 9.26 Å². The molecule has 0 saturated heterocycles. The summed E-state index contributed by atoms with van der Waals surface area (Å²) in [5.74, 6) is 0.541. The number of hydrogen-bond donors (Lipinski definition) is 2. The van der Waals surface area contributed by atoms with Crippen molar-refractivity contribution in [3.05, 3.63) is 31.8 Å². The highest BCUT2D eigenvalue weighted by atomic mass is 127. The Hall–Kier alpha value is -0.560. The quantitative estimate of drug-likeness (QED) is 0.749. The van der Waals surface area contributed by atoms with Gasteiger partial charge in [-0.05, 0) is 41.6 Å². The van der Waals surface area contributed by atoms with E-state index in [1.807, 2.05) is 6.07 Å². The molecule has 0 fully saturated rings. The van der Waals surface area contributed by atoms with Crippen LogP contribution < -0.4 is 5.73 Å². The largest absolute Gasteiger partial charge is 0.381 e. The molecule has 3 N–H and O–H groups in total. The van der Waals surface area contributed by atoms with E-state index in [1.165, 1.54) is 5.56 Å². The van der Waals surface area contributed by atoms with E-state index in [9.17, 15) is 0 Å². The van der Waals surface area contributed by atoms with E-state index in [0.29, 0.717) is 5.82 Å². The number of H-pyrrole nitrogens is 1. The molecule has 2 aromatic rings. The van der Waals surface area contributed by atoms with Crippen LogP contribution in [-0.4, -0.2) is 10.2 Å². The van der Waals surface area contributed by atoms with Gasteiger partial charge < -0.3 is 5.73 Å². The number of benzene rings is 1. The fourth-order valence-electron chi connectivity index (χ4n) is 1.35. The first-order valence-electron chi connectivity index (χ1n) is 4.35. The predicted molar refractivity (Wildman–Crippen MR) is 73.6 cm³/mol. The van der Waals surface area contributed by atoms with Gasteiger partial charge in [0.2, 0.25) is 0 Å². The smallest absolute Gasteiger partial charge is 0.159 e. The second-order valence-corrected chi connectivity index (χ2v) is 5.21. The lowest BCUT2D eigenvalue weighted by atomic mass is 10.1. The Bertz CT molecular complexity index is 507. The summed E-state index contributed by atoms with van der Waals surface area (Å²) in [5.41, 5.74) is 8.96. The van der Waals surface area contributed by atoms with Crippen molar-refractivity contribution in [1.29, 1.82) is 0 Å². The number of nitrogens with zero attached hydrogens (tertiary/aromatic N) is 1. The first-order valence-corrected chi connectivity index (χ1v) is 6.22. The number of aryl methyl sites for hydroxylation is 1. The van der Waals surface area contributed by atoms with Crippen molar-refractivity contribution in [1.82, 2.24) is 10.2 Å². The lowest BCUT2D eigenvalue weighted by molar-refractivity contribution is 1.10. The van der Waals surface area contributed by atoms with Crippen molar-refractivity contribution < 1.29 is 0 Å². The Morgan fingerprint density at radius 3 is 2.80 bits per heavy atom. The molecule has 78 valence electrons. The second kappa shape index (κ2) is 4.13. The van der Waals surface area contributed by atoms with Gasteiger partial charge >= 0.3 is 0 Å². The Morgan fingerprint density at radius 1 is 1.47 bits per heavy atom.